The van der Waals surface area contributed by atoms with E-state index in [1.807, 2.05) is 0 Å². The number of halogens is 2. The molecule has 1 aromatic carbocycles. The summed E-state index contributed by atoms with van der Waals surface area (Å²) in [5.74, 6) is -0.292. The molecule has 0 radical (unpaired) electrons. The van der Waals surface area contributed by atoms with E-state index in [-0.39, 0.29) is 27.2 Å². The number of benzene rings is 1. The second-order valence-electron chi connectivity index (χ2n) is 4.10. The molecule has 0 spiro atoms. The minimum absolute atomic E-state index is 0.0276. The molecule has 0 atom stereocenters. The third kappa shape index (κ3) is 3.63. The largest absolute Gasteiger partial charge is 0.496 e. The number of nitro groups is 1. The van der Waals surface area contributed by atoms with Crippen LogP contribution in [0.5, 0.6) is 5.75 Å². The van der Waals surface area contributed by atoms with Crippen molar-refractivity contribution < 1.29 is 14.5 Å². The number of aromatic nitrogens is 1. The summed E-state index contributed by atoms with van der Waals surface area (Å²) in [6.45, 7) is 0. The van der Waals surface area contributed by atoms with Crippen LogP contribution in [0.25, 0.3) is 0 Å². The number of pyridine rings is 1. The van der Waals surface area contributed by atoms with Crippen LogP contribution in [-0.4, -0.2) is 22.9 Å². The summed E-state index contributed by atoms with van der Waals surface area (Å²) in [6, 6.07) is 6.69. The van der Waals surface area contributed by atoms with E-state index < -0.39 is 10.8 Å². The highest BCUT2D eigenvalue weighted by atomic mass is 35.5. The highest BCUT2D eigenvalue weighted by Crippen LogP contribution is 2.29. The second-order valence-corrected chi connectivity index (χ2v) is 4.87. The summed E-state index contributed by atoms with van der Waals surface area (Å²) < 4.78 is 4.92. The molecule has 9 heteroatoms. The molecule has 0 unspecified atom stereocenters. The van der Waals surface area contributed by atoms with Gasteiger partial charge in [0.15, 0.2) is 0 Å². The van der Waals surface area contributed by atoms with Gasteiger partial charge < -0.3 is 10.1 Å². The standard InChI is InChI=1S/C13H9Cl2N3O4/c1-22-8-2-3-9(10(6-8)18(20)21)16-13(19)7-4-11(14)17-12(15)5-7/h2-6H,1H3,(H,16,19). The van der Waals surface area contributed by atoms with Gasteiger partial charge in [0.1, 0.15) is 21.7 Å². The molecule has 0 aliphatic carbocycles. The van der Waals surface area contributed by atoms with Gasteiger partial charge in [0.25, 0.3) is 11.6 Å². The topological polar surface area (TPSA) is 94.4 Å². The molecule has 0 fully saturated rings. The number of ether oxygens (including phenoxy) is 1. The van der Waals surface area contributed by atoms with E-state index in [0.717, 1.165) is 0 Å². The lowest BCUT2D eigenvalue weighted by atomic mass is 10.2. The van der Waals surface area contributed by atoms with Crippen LogP contribution in [0.15, 0.2) is 30.3 Å². The Bertz CT molecular complexity index is 732. The zero-order valence-corrected chi connectivity index (χ0v) is 12.7. The van der Waals surface area contributed by atoms with Gasteiger partial charge in [0.05, 0.1) is 18.1 Å². The van der Waals surface area contributed by atoms with Crippen molar-refractivity contribution in [2.75, 3.05) is 12.4 Å². The number of nitro benzene ring substituents is 1. The van der Waals surface area contributed by atoms with Gasteiger partial charge in [-0.1, -0.05) is 23.2 Å². The maximum Gasteiger partial charge on any atom is 0.296 e. The Kier molecular flexibility index (Phi) is 4.79. The smallest absolute Gasteiger partial charge is 0.296 e. The van der Waals surface area contributed by atoms with Crippen LogP contribution in [0.3, 0.4) is 0 Å². The summed E-state index contributed by atoms with van der Waals surface area (Å²) >= 11 is 11.4. The van der Waals surface area contributed by atoms with Gasteiger partial charge in [-0.25, -0.2) is 4.98 Å². The molecule has 22 heavy (non-hydrogen) atoms. The van der Waals surface area contributed by atoms with E-state index in [0.29, 0.717) is 5.75 Å². The van der Waals surface area contributed by atoms with Gasteiger partial charge in [-0.3, -0.25) is 14.9 Å². The molecule has 1 N–H and O–H groups in total. The summed E-state index contributed by atoms with van der Waals surface area (Å²) in [5, 5.41) is 13.6. The highest BCUT2D eigenvalue weighted by Gasteiger charge is 2.18. The molecule has 1 heterocycles. The molecule has 1 amide bonds. The van der Waals surface area contributed by atoms with Crippen LogP contribution in [-0.2, 0) is 0 Å². The molecule has 0 aliphatic heterocycles. The normalized spacial score (nSPS) is 10.1. The molecular formula is C13H9Cl2N3O4. The third-order valence-electron chi connectivity index (χ3n) is 2.67. The van der Waals surface area contributed by atoms with Gasteiger partial charge in [-0.15, -0.1) is 0 Å². The lowest BCUT2D eigenvalue weighted by Crippen LogP contribution is -2.13. The van der Waals surface area contributed by atoms with E-state index in [9.17, 15) is 14.9 Å². The number of amides is 1. The molecule has 114 valence electrons. The van der Waals surface area contributed by atoms with E-state index >= 15 is 0 Å². The fourth-order valence-electron chi connectivity index (χ4n) is 1.69. The molecule has 0 aliphatic rings. The number of anilines is 1. The fourth-order valence-corrected chi connectivity index (χ4v) is 2.15. The van der Waals surface area contributed by atoms with Crippen molar-refractivity contribution in [2.24, 2.45) is 0 Å². The van der Waals surface area contributed by atoms with Crippen LogP contribution in [0.2, 0.25) is 10.3 Å². The van der Waals surface area contributed by atoms with Crippen molar-refractivity contribution in [3.8, 4) is 5.75 Å². The van der Waals surface area contributed by atoms with Crippen molar-refractivity contribution in [2.45, 2.75) is 0 Å². The van der Waals surface area contributed by atoms with Crippen molar-refractivity contribution in [1.82, 2.24) is 4.98 Å². The molecule has 2 aromatic rings. The number of hydrogen-bond acceptors (Lipinski definition) is 5. The lowest BCUT2D eigenvalue weighted by Gasteiger charge is -2.08. The average molecular weight is 342 g/mol. The number of methoxy groups -OCH3 is 1. The number of carbonyl (C=O) groups is 1. The van der Waals surface area contributed by atoms with Crippen molar-refractivity contribution in [1.29, 1.82) is 0 Å². The average Bonchev–Trinajstić information content (AvgIpc) is 2.46. The summed E-state index contributed by atoms with van der Waals surface area (Å²) in [7, 11) is 1.39. The van der Waals surface area contributed by atoms with E-state index in [1.54, 1.807) is 0 Å². The minimum Gasteiger partial charge on any atom is -0.496 e. The van der Waals surface area contributed by atoms with Crippen LogP contribution >= 0.6 is 23.2 Å². The number of carbonyl (C=O) groups excluding carboxylic acids is 1. The molecule has 0 saturated heterocycles. The Balaban J connectivity index is 2.33. The van der Waals surface area contributed by atoms with Crippen molar-refractivity contribution in [3.63, 3.8) is 0 Å². The highest BCUT2D eigenvalue weighted by molar-refractivity contribution is 6.33. The Morgan fingerprint density at radius 2 is 1.91 bits per heavy atom. The molecular weight excluding hydrogens is 333 g/mol. The fraction of sp³-hybridized carbons (Fsp3) is 0.0769. The SMILES string of the molecule is COc1ccc(NC(=O)c2cc(Cl)nc(Cl)c2)c([N+](=O)[O-])c1. The van der Waals surface area contributed by atoms with Gasteiger partial charge in [-0.2, -0.15) is 0 Å². The van der Waals surface area contributed by atoms with Gasteiger partial charge in [0, 0.05) is 5.56 Å². The Labute approximate surface area is 135 Å². The molecule has 0 bridgehead atoms. The predicted molar refractivity (Wildman–Crippen MR) is 81.9 cm³/mol. The van der Waals surface area contributed by atoms with E-state index in [4.69, 9.17) is 27.9 Å². The van der Waals surface area contributed by atoms with E-state index in [2.05, 4.69) is 10.3 Å². The summed E-state index contributed by atoms with van der Waals surface area (Å²) in [4.78, 5) is 26.3. The maximum absolute atomic E-state index is 12.1. The Morgan fingerprint density at radius 3 is 2.45 bits per heavy atom. The van der Waals surface area contributed by atoms with Crippen molar-refractivity contribution in [3.05, 3.63) is 56.3 Å². The second kappa shape index (κ2) is 6.59. The monoisotopic (exact) mass is 341 g/mol. The first-order valence-electron chi connectivity index (χ1n) is 5.87. The van der Waals surface area contributed by atoms with Crippen LogP contribution < -0.4 is 10.1 Å². The zero-order valence-electron chi connectivity index (χ0n) is 11.2. The van der Waals surface area contributed by atoms with Crippen LogP contribution in [0.1, 0.15) is 10.4 Å². The Hall–Kier alpha value is -2.38. The summed E-state index contributed by atoms with van der Waals surface area (Å²) in [6.07, 6.45) is 0. The third-order valence-corrected chi connectivity index (χ3v) is 3.06. The zero-order chi connectivity index (χ0) is 16.3. The van der Waals surface area contributed by atoms with Crippen LogP contribution in [0, 0.1) is 10.1 Å². The van der Waals surface area contributed by atoms with Gasteiger partial charge >= 0.3 is 0 Å². The predicted octanol–water partition coefficient (Wildman–Crippen LogP) is 3.56. The quantitative estimate of drug-likeness (QED) is 0.521. The molecule has 2 rings (SSSR count). The van der Waals surface area contributed by atoms with E-state index in [1.165, 1.54) is 37.4 Å². The minimum atomic E-state index is -0.620. The van der Waals surface area contributed by atoms with Gasteiger partial charge in [-0.05, 0) is 24.3 Å². The first kappa shape index (κ1) is 16.0. The maximum atomic E-state index is 12.1. The molecule has 1 aromatic heterocycles. The number of nitrogens with one attached hydrogen (secondary N) is 1. The number of rotatable bonds is 4. The number of nitrogens with zero attached hydrogens (tertiary/aromatic N) is 2. The number of hydrogen-bond donors (Lipinski definition) is 1. The first-order chi connectivity index (χ1) is 10.4. The molecule has 0 saturated carbocycles. The van der Waals surface area contributed by atoms with Gasteiger partial charge in [0.2, 0.25) is 0 Å². The van der Waals surface area contributed by atoms with Crippen LogP contribution in [0.4, 0.5) is 11.4 Å². The lowest BCUT2D eigenvalue weighted by molar-refractivity contribution is -0.384. The Morgan fingerprint density at radius 1 is 1.27 bits per heavy atom. The van der Waals surface area contributed by atoms with Crippen molar-refractivity contribution >= 4 is 40.5 Å². The molecule has 7 nitrogen and oxygen atoms in total. The first-order valence-corrected chi connectivity index (χ1v) is 6.63. The summed E-state index contributed by atoms with van der Waals surface area (Å²) in [5.41, 5.74) is -0.131.